The molecule has 3 aromatic rings. The predicted molar refractivity (Wildman–Crippen MR) is 113 cm³/mol. The van der Waals surface area contributed by atoms with E-state index in [1.54, 1.807) is 36.6 Å². The minimum absolute atomic E-state index is 0.0146. The van der Waals surface area contributed by atoms with Gasteiger partial charge >= 0.3 is 12.3 Å². The van der Waals surface area contributed by atoms with Crippen molar-refractivity contribution < 1.29 is 37.3 Å². The van der Waals surface area contributed by atoms with Crippen molar-refractivity contribution in [3.05, 3.63) is 52.9 Å². The topological polar surface area (TPSA) is 96.0 Å². The molecule has 0 saturated heterocycles. The maximum atomic E-state index is 13.4. The number of hydrogen-bond acceptors (Lipinski definition) is 8. The van der Waals surface area contributed by atoms with Crippen LogP contribution in [0.25, 0.3) is 11.3 Å². The number of amides is 1. The Kier molecular flexibility index (Phi) is 4.74. The number of ether oxygens (including phenoxy) is 4. The lowest BCUT2D eigenvalue weighted by Crippen LogP contribution is -2.39. The van der Waals surface area contributed by atoms with Gasteiger partial charge in [0.25, 0.3) is 0 Å². The van der Waals surface area contributed by atoms with Crippen LogP contribution in [0.4, 0.5) is 13.9 Å². The number of benzene rings is 2. The van der Waals surface area contributed by atoms with E-state index in [0.717, 1.165) is 5.56 Å². The van der Waals surface area contributed by atoms with Crippen molar-refractivity contribution in [2.75, 3.05) is 19.0 Å². The van der Waals surface area contributed by atoms with E-state index in [9.17, 15) is 18.4 Å². The molecule has 170 valence electrons. The molecule has 2 aliphatic heterocycles. The van der Waals surface area contributed by atoms with E-state index < -0.39 is 23.6 Å². The number of rotatable bonds is 4. The van der Waals surface area contributed by atoms with Crippen LogP contribution < -0.4 is 19.5 Å². The number of halogens is 2. The van der Waals surface area contributed by atoms with Gasteiger partial charge in [-0.2, -0.15) is 0 Å². The van der Waals surface area contributed by atoms with Crippen LogP contribution in [0.15, 0.2) is 41.8 Å². The molecule has 1 N–H and O–H groups in total. The largest absolute Gasteiger partial charge is 0.586 e. The van der Waals surface area contributed by atoms with Crippen molar-refractivity contribution in [2.45, 2.75) is 18.6 Å². The summed E-state index contributed by atoms with van der Waals surface area (Å²) in [6.07, 6.45) is -3.76. The zero-order valence-corrected chi connectivity index (χ0v) is 18.1. The van der Waals surface area contributed by atoms with Crippen LogP contribution in [0.5, 0.6) is 17.2 Å². The summed E-state index contributed by atoms with van der Waals surface area (Å²) in [4.78, 5) is 29.1. The fraction of sp³-hybridized carbons (Fsp3) is 0.227. The Hall–Kier alpha value is -3.73. The number of carbonyl (C=O) groups excluding carboxylic acids is 2. The molecule has 0 saturated carbocycles. The van der Waals surface area contributed by atoms with Gasteiger partial charge in [-0.3, -0.25) is 4.79 Å². The Balaban J connectivity index is 1.35. The summed E-state index contributed by atoms with van der Waals surface area (Å²) < 4.78 is 46.0. The Morgan fingerprint density at radius 1 is 1.12 bits per heavy atom. The number of nitrogens with one attached hydrogen (secondary N) is 1. The number of esters is 1. The third kappa shape index (κ3) is 3.63. The standard InChI is InChI=1S/C22H16F2N2O6S/c1-21(10-30-15-8-17-16(7-13(15)21)31-22(23,24)32-17)19(28)26-20-25-14(9-33-20)11-3-5-12(6-4-11)18(27)29-2/h3-9H,10H2,1-2H3,(H,25,26,28). The average molecular weight is 474 g/mol. The van der Waals surface area contributed by atoms with Gasteiger partial charge in [-0.15, -0.1) is 20.1 Å². The van der Waals surface area contributed by atoms with E-state index in [-0.39, 0.29) is 23.9 Å². The maximum absolute atomic E-state index is 13.4. The summed E-state index contributed by atoms with van der Waals surface area (Å²) >= 11 is 1.23. The quantitative estimate of drug-likeness (QED) is 0.566. The number of anilines is 1. The van der Waals surface area contributed by atoms with Gasteiger partial charge in [0.05, 0.1) is 18.4 Å². The van der Waals surface area contributed by atoms with Gasteiger partial charge in [0.1, 0.15) is 17.8 Å². The van der Waals surface area contributed by atoms with E-state index in [1.165, 1.54) is 30.6 Å². The highest BCUT2D eigenvalue weighted by Gasteiger charge is 2.49. The summed E-state index contributed by atoms with van der Waals surface area (Å²) in [6.45, 7) is 1.66. The highest BCUT2D eigenvalue weighted by atomic mass is 32.1. The highest BCUT2D eigenvalue weighted by molar-refractivity contribution is 7.14. The number of hydrogen-bond donors (Lipinski definition) is 1. The minimum Gasteiger partial charge on any atom is -0.492 e. The second-order valence-corrected chi connectivity index (χ2v) is 8.50. The molecule has 33 heavy (non-hydrogen) atoms. The fourth-order valence-electron chi connectivity index (χ4n) is 3.61. The number of nitrogens with zero attached hydrogens (tertiary/aromatic N) is 1. The van der Waals surface area contributed by atoms with Gasteiger partial charge in [-0.05, 0) is 25.1 Å². The molecule has 3 heterocycles. The average Bonchev–Trinajstić information content (AvgIpc) is 3.47. The molecule has 1 atom stereocenters. The molecule has 1 aromatic heterocycles. The molecule has 8 nitrogen and oxygen atoms in total. The Morgan fingerprint density at radius 3 is 2.52 bits per heavy atom. The molecule has 0 aliphatic carbocycles. The Morgan fingerprint density at radius 2 is 1.82 bits per heavy atom. The van der Waals surface area contributed by atoms with Crippen molar-refractivity contribution in [3.8, 4) is 28.5 Å². The van der Waals surface area contributed by atoms with Gasteiger partial charge in [0.15, 0.2) is 16.6 Å². The maximum Gasteiger partial charge on any atom is 0.586 e. The van der Waals surface area contributed by atoms with Crippen LogP contribution in [0.3, 0.4) is 0 Å². The van der Waals surface area contributed by atoms with Crippen molar-refractivity contribution in [2.24, 2.45) is 0 Å². The zero-order chi connectivity index (χ0) is 23.4. The van der Waals surface area contributed by atoms with Crippen molar-refractivity contribution in [3.63, 3.8) is 0 Å². The Bertz CT molecular complexity index is 1280. The SMILES string of the molecule is COC(=O)c1ccc(-c2csc(NC(=O)C3(C)COc4cc5c(cc43)OC(F)(F)O5)n2)cc1. The Labute approximate surface area is 190 Å². The van der Waals surface area contributed by atoms with Crippen molar-refractivity contribution >= 4 is 28.3 Å². The third-order valence-corrected chi connectivity index (χ3v) is 6.20. The normalized spacial score (nSPS) is 19.5. The highest BCUT2D eigenvalue weighted by Crippen LogP contribution is 2.50. The molecule has 0 bridgehead atoms. The molecular formula is C22H16F2N2O6S. The molecule has 1 unspecified atom stereocenters. The van der Waals surface area contributed by atoms with Crippen molar-refractivity contribution in [1.82, 2.24) is 4.98 Å². The molecule has 0 spiro atoms. The first-order valence-corrected chi connectivity index (χ1v) is 10.6. The fourth-order valence-corrected chi connectivity index (χ4v) is 4.32. The van der Waals surface area contributed by atoms with Gasteiger partial charge in [-0.1, -0.05) is 12.1 Å². The van der Waals surface area contributed by atoms with Crippen LogP contribution in [-0.4, -0.2) is 36.9 Å². The first-order valence-electron chi connectivity index (χ1n) is 9.71. The number of carbonyl (C=O) groups is 2. The first kappa shape index (κ1) is 21.1. The van der Waals surface area contributed by atoms with Crippen LogP contribution in [0, 0.1) is 0 Å². The van der Waals surface area contributed by atoms with Crippen LogP contribution >= 0.6 is 11.3 Å². The number of thiazole rings is 1. The summed E-state index contributed by atoms with van der Waals surface area (Å²) in [6, 6.07) is 9.35. The second-order valence-electron chi connectivity index (χ2n) is 7.64. The van der Waals surface area contributed by atoms with Crippen LogP contribution in [-0.2, 0) is 14.9 Å². The predicted octanol–water partition coefficient (Wildman–Crippen LogP) is 4.21. The molecular weight excluding hydrogens is 458 g/mol. The molecule has 2 aromatic carbocycles. The lowest BCUT2D eigenvalue weighted by Gasteiger charge is -2.21. The number of fused-ring (bicyclic) bond motifs is 2. The lowest BCUT2D eigenvalue weighted by molar-refractivity contribution is -0.286. The first-order chi connectivity index (χ1) is 15.7. The van der Waals surface area contributed by atoms with Gasteiger partial charge in [-0.25, -0.2) is 9.78 Å². The van der Waals surface area contributed by atoms with Crippen LogP contribution in [0.1, 0.15) is 22.8 Å². The number of aromatic nitrogens is 1. The molecule has 0 radical (unpaired) electrons. The van der Waals surface area contributed by atoms with Crippen LogP contribution in [0.2, 0.25) is 0 Å². The second kappa shape index (κ2) is 7.41. The minimum atomic E-state index is -3.76. The van der Waals surface area contributed by atoms with E-state index in [0.29, 0.717) is 22.0 Å². The number of alkyl halides is 2. The lowest BCUT2D eigenvalue weighted by atomic mass is 9.83. The van der Waals surface area contributed by atoms with E-state index in [4.69, 9.17) is 4.74 Å². The monoisotopic (exact) mass is 474 g/mol. The summed E-state index contributed by atoms with van der Waals surface area (Å²) in [7, 11) is 1.31. The van der Waals surface area contributed by atoms with E-state index in [2.05, 4.69) is 24.5 Å². The molecule has 11 heteroatoms. The number of methoxy groups -OCH3 is 1. The van der Waals surface area contributed by atoms with E-state index >= 15 is 0 Å². The summed E-state index contributed by atoms with van der Waals surface area (Å²) in [5.74, 6) is -0.875. The summed E-state index contributed by atoms with van der Waals surface area (Å²) in [5, 5.41) is 4.90. The van der Waals surface area contributed by atoms with Gasteiger partial charge < -0.3 is 24.3 Å². The van der Waals surface area contributed by atoms with E-state index in [1.807, 2.05) is 0 Å². The molecule has 2 aliphatic rings. The zero-order valence-electron chi connectivity index (χ0n) is 17.3. The van der Waals surface area contributed by atoms with Gasteiger partial charge in [0.2, 0.25) is 5.91 Å². The summed E-state index contributed by atoms with van der Waals surface area (Å²) in [5.41, 5.74) is 1.05. The van der Waals surface area contributed by atoms with Crippen molar-refractivity contribution in [1.29, 1.82) is 0 Å². The molecule has 5 rings (SSSR count). The third-order valence-electron chi connectivity index (χ3n) is 5.44. The molecule has 0 fully saturated rings. The smallest absolute Gasteiger partial charge is 0.492 e. The van der Waals surface area contributed by atoms with Gasteiger partial charge in [0, 0.05) is 22.6 Å². The molecule has 1 amide bonds.